The van der Waals surface area contributed by atoms with Crippen LogP contribution < -0.4 is 9.61 Å². The minimum absolute atomic E-state index is 0.303. The van der Waals surface area contributed by atoms with Crippen LogP contribution in [0, 0.1) is 0 Å². The van der Waals surface area contributed by atoms with E-state index in [-0.39, 0.29) is 18.6 Å². The minimum Gasteiger partial charge on any atom is -0.463 e. The van der Waals surface area contributed by atoms with E-state index >= 15 is 0 Å². The molecule has 0 amide bonds. The van der Waals surface area contributed by atoms with E-state index in [2.05, 4.69) is 5.09 Å². The Morgan fingerprint density at radius 2 is 1.62 bits per heavy atom. The summed E-state index contributed by atoms with van der Waals surface area (Å²) in [6.45, 7) is 6.77. The second kappa shape index (κ2) is 10.0. The average molecular weight is 356 g/mol. The van der Waals surface area contributed by atoms with E-state index in [1.54, 1.807) is 58.0 Å². The first-order valence-electron chi connectivity index (χ1n) is 7.64. The fraction of sp³-hybridized carbons (Fsp3) is 0.500. The summed E-state index contributed by atoms with van der Waals surface area (Å²) < 4.78 is 27.4. The van der Waals surface area contributed by atoms with Crippen molar-refractivity contribution < 1.29 is 28.2 Å². The number of esters is 2. The Morgan fingerprint density at radius 1 is 1.04 bits per heavy atom. The number of carbonyl (C=O) groups excluding carboxylic acids is 2. The molecule has 132 valence electrons. The molecular formula is C16H23NO6P+. The largest absolute Gasteiger partial charge is 0.664 e. The Balaban J connectivity index is 2.71. The van der Waals surface area contributed by atoms with Crippen LogP contribution in [0.3, 0.4) is 0 Å². The molecule has 0 aliphatic carbocycles. The number of benzene rings is 1. The zero-order valence-electron chi connectivity index (χ0n) is 14.2. The molecule has 0 spiro atoms. The van der Waals surface area contributed by atoms with E-state index in [0.717, 1.165) is 0 Å². The SMILES string of the molecule is CC(C)OC(=O)C[C@H](N[P+](=O)Oc1ccccc1)C(=O)OC(C)C. The van der Waals surface area contributed by atoms with E-state index < -0.39 is 26.2 Å². The lowest BCUT2D eigenvalue weighted by molar-refractivity contribution is -0.156. The van der Waals surface area contributed by atoms with Gasteiger partial charge in [-0.15, -0.1) is 0 Å². The van der Waals surface area contributed by atoms with Crippen LogP contribution in [0.1, 0.15) is 34.1 Å². The molecule has 0 saturated carbocycles. The first-order valence-corrected chi connectivity index (χ1v) is 8.82. The molecule has 1 aromatic carbocycles. The molecule has 0 saturated heterocycles. The summed E-state index contributed by atoms with van der Waals surface area (Å²) in [6, 6.07) is 7.38. The lowest BCUT2D eigenvalue weighted by Crippen LogP contribution is -2.38. The molecule has 0 aliphatic rings. The van der Waals surface area contributed by atoms with Gasteiger partial charge >= 0.3 is 20.1 Å². The summed E-state index contributed by atoms with van der Waals surface area (Å²) >= 11 is 0. The van der Waals surface area contributed by atoms with Gasteiger partial charge in [-0.3, -0.25) is 9.59 Å². The first-order chi connectivity index (χ1) is 11.3. The van der Waals surface area contributed by atoms with Crippen molar-refractivity contribution in [3.05, 3.63) is 30.3 Å². The number of ether oxygens (including phenoxy) is 2. The zero-order chi connectivity index (χ0) is 18.1. The Kier molecular flexibility index (Phi) is 8.36. The van der Waals surface area contributed by atoms with Crippen molar-refractivity contribution >= 4 is 20.1 Å². The van der Waals surface area contributed by atoms with Crippen molar-refractivity contribution in [2.24, 2.45) is 0 Å². The lowest BCUT2D eigenvalue weighted by atomic mass is 10.2. The van der Waals surface area contributed by atoms with Crippen LogP contribution in [-0.2, 0) is 23.6 Å². The average Bonchev–Trinajstić information content (AvgIpc) is 2.45. The van der Waals surface area contributed by atoms with E-state index in [9.17, 15) is 14.2 Å². The molecule has 0 fully saturated rings. The molecule has 1 aromatic rings. The number of para-hydroxylation sites is 1. The summed E-state index contributed by atoms with van der Waals surface area (Å²) in [5.41, 5.74) is 0. The third-order valence-electron chi connectivity index (χ3n) is 2.57. The highest BCUT2D eigenvalue weighted by Gasteiger charge is 2.34. The first kappa shape index (κ1) is 20.1. The van der Waals surface area contributed by atoms with E-state index in [0.29, 0.717) is 5.75 Å². The van der Waals surface area contributed by atoms with E-state index in [1.165, 1.54) is 0 Å². The maximum atomic E-state index is 12.1. The molecule has 0 bridgehead atoms. The van der Waals surface area contributed by atoms with Crippen molar-refractivity contribution in [2.45, 2.75) is 52.4 Å². The van der Waals surface area contributed by atoms with Gasteiger partial charge in [0.15, 0.2) is 11.8 Å². The highest BCUT2D eigenvalue weighted by molar-refractivity contribution is 7.37. The molecular weight excluding hydrogens is 333 g/mol. The van der Waals surface area contributed by atoms with Crippen LogP contribution in [0.15, 0.2) is 30.3 Å². The quantitative estimate of drug-likeness (QED) is 0.537. The normalized spacial score (nSPS) is 12.7. The second-order valence-corrected chi connectivity index (χ2v) is 6.53. The molecule has 0 aromatic heterocycles. The molecule has 1 rings (SSSR count). The monoisotopic (exact) mass is 356 g/mol. The number of nitrogens with one attached hydrogen (secondary N) is 1. The molecule has 0 heterocycles. The van der Waals surface area contributed by atoms with Crippen LogP contribution >= 0.6 is 8.18 Å². The molecule has 8 heteroatoms. The van der Waals surface area contributed by atoms with Gasteiger partial charge in [-0.2, -0.15) is 0 Å². The van der Waals surface area contributed by atoms with Gasteiger partial charge < -0.3 is 9.47 Å². The molecule has 24 heavy (non-hydrogen) atoms. The minimum atomic E-state index is -2.41. The van der Waals surface area contributed by atoms with Gasteiger partial charge in [0, 0.05) is 4.57 Å². The van der Waals surface area contributed by atoms with E-state index in [1.807, 2.05) is 0 Å². The van der Waals surface area contributed by atoms with Crippen molar-refractivity contribution in [1.82, 2.24) is 5.09 Å². The lowest BCUT2D eigenvalue weighted by Gasteiger charge is -2.15. The Bertz CT molecular complexity index is 561. The highest BCUT2D eigenvalue weighted by atomic mass is 31.1. The third kappa shape index (κ3) is 8.04. The Labute approximate surface area is 142 Å². The molecule has 1 unspecified atom stereocenters. The van der Waals surface area contributed by atoms with Crippen LogP contribution in [0.5, 0.6) is 5.75 Å². The van der Waals surface area contributed by atoms with Gasteiger partial charge in [-0.1, -0.05) is 23.3 Å². The summed E-state index contributed by atoms with van der Waals surface area (Å²) in [6.07, 6.45) is -0.979. The van der Waals surface area contributed by atoms with Crippen LogP contribution in [-0.4, -0.2) is 30.2 Å². The van der Waals surface area contributed by atoms with Crippen molar-refractivity contribution in [3.63, 3.8) is 0 Å². The van der Waals surface area contributed by atoms with Crippen LogP contribution in [0.25, 0.3) is 0 Å². The van der Waals surface area contributed by atoms with Crippen molar-refractivity contribution in [3.8, 4) is 5.75 Å². The van der Waals surface area contributed by atoms with Gasteiger partial charge in [-0.25, -0.2) is 4.52 Å². The maximum absolute atomic E-state index is 12.1. The molecule has 0 aliphatic heterocycles. The van der Waals surface area contributed by atoms with Gasteiger partial charge in [0.2, 0.25) is 0 Å². The van der Waals surface area contributed by atoms with Crippen molar-refractivity contribution in [2.75, 3.05) is 0 Å². The topological polar surface area (TPSA) is 90.9 Å². The molecule has 2 atom stereocenters. The number of rotatable bonds is 9. The predicted octanol–water partition coefficient (Wildman–Crippen LogP) is 2.97. The Morgan fingerprint density at radius 3 is 2.17 bits per heavy atom. The van der Waals surface area contributed by atoms with Crippen molar-refractivity contribution in [1.29, 1.82) is 0 Å². The van der Waals surface area contributed by atoms with Crippen LogP contribution in [0.4, 0.5) is 0 Å². The summed E-state index contributed by atoms with van der Waals surface area (Å²) in [7, 11) is -2.41. The van der Waals surface area contributed by atoms with Gasteiger partial charge in [-0.05, 0) is 39.8 Å². The van der Waals surface area contributed by atoms with Gasteiger partial charge in [0.25, 0.3) is 0 Å². The zero-order valence-corrected chi connectivity index (χ0v) is 15.1. The summed E-state index contributed by atoms with van der Waals surface area (Å²) in [5.74, 6) is -0.899. The third-order valence-corrected chi connectivity index (χ3v) is 3.47. The smallest absolute Gasteiger partial charge is 0.463 e. The fourth-order valence-electron chi connectivity index (χ4n) is 1.70. The summed E-state index contributed by atoms with van der Waals surface area (Å²) in [5, 5.41) is 2.49. The molecule has 1 N–H and O–H groups in total. The van der Waals surface area contributed by atoms with Gasteiger partial charge in [0.05, 0.1) is 18.6 Å². The number of hydrogen-bond donors (Lipinski definition) is 1. The summed E-state index contributed by atoms with van der Waals surface area (Å²) in [4.78, 5) is 23.9. The van der Waals surface area contributed by atoms with Crippen LogP contribution in [0.2, 0.25) is 0 Å². The Hall–Kier alpha value is -1.98. The molecule has 0 radical (unpaired) electrons. The number of carbonyl (C=O) groups is 2. The predicted molar refractivity (Wildman–Crippen MR) is 88.7 cm³/mol. The second-order valence-electron chi connectivity index (χ2n) is 5.57. The van der Waals surface area contributed by atoms with Gasteiger partial charge in [0.1, 0.15) is 0 Å². The maximum Gasteiger partial charge on any atom is 0.664 e. The number of hydrogen-bond acceptors (Lipinski definition) is 6. The molecule has 7 nitrogen and oxygen atoms in total. The fourth-order valence-corrected chi connectivity index (χ4v) is 2.52. The van der Waals surface area contributed by atoms with E-state index in [4.69, 9.17) is 14.0 Å². The standard InChI is InChI=1S/C16H23NO6P/c1-11(2)21-15(18)10-14(16(19)22-12(3)4)17-24(20)23-13-8-6-5-7-9-13/h5-9,11-12,14H,10H2,1-4H3,(H,17,20)/q+1/t14-/m0/s1. The highest BCUT2D eigenvalue weighted by Crippen LogP contribution is 2.24.